The molecule has 0 unspecified atom stereocenters. The van der Waals surface area contributed by atoms with Gasteiger partial charge < -0.3 is 10.8 Å². The smallest absolute Gasteiger partial charge is 0.325 e. The molecular formula is C11H12FNO4S. The van der Waals surface area contributed by atoms with E-state index in [1.807, 2.05) is 0 Å². The zero-order valence-corrected chi connectivity index (χ0v) is 10.3. The standard InChI is InChI=1S/C11H12FNO4S/c1-18(16,17)9-8(11(9,13)10(14)15)6-2-4-7(12)5-3-6/h2-5,8-9H,13H2,1H3,(H,14,15)/t8-,9+,11+/m0/s1. The van der Waals surface area contributed by atoms with Gasteiger partial charge in [-0.2, -0.15) is 0 Å². The number of benzene rings is 1. The second-order valence-electron chi connectivity index (χ2n) is 4.52. The Hall–Kier alpha value is -1.47. The van der Waals surface area contributed by atoms with Gasteiger partial charge in [0.15, 0.2) is 9.84 Å². The van der Waals surface area contributed by atoms with Gasteiger partial charge in [0.2, 0.25) is 0 Å². The summed E-state index contributed by atoms with van der Waals surface area (Å²) in [7, 11) is -3.59. The molecule has 0 aliphatic heterocycles. The Morgan fingerprint density at radius 1 is 1.39 bits per heavy atom. The molecular weight excluding hydrogens is 261 g/mol. The quantitative estimate of drug-likeness (QED) is 0.815. The summed E-state index contributed by atoms with van der Waals surface area (Å²) in [6, 6.07) is 5.01. The fourth-order valence-corrected chi connectivity index (χ4v) is 4.11. The number of sulfone groups is 1. The van der Waals surface area contributed by atoms with E-state index in [-0.39, 0.29) is 0 Å². The highest BCUT2D eigenvalue weighted by molar-refractivity contribution is 7.91. The first-order valence-corrected chi connectivity index (χ1v) is 7.11. The first-order valence-electron chi connectivity index (χ1n) is 5.15. The van der Waals surface area contributed by atoms with Gasteiger partial charge in [-0.15, -0.1) is 0 Å². The van der Waals surface area contributed by atoms with Crippen molar-refractivity contribution in [3.05, 3.63) is 35.6 Å². The van der Waals surface area contributed by atoms with Crippen LogP contribution in [0, 0.1) is 5.82 Å². The highest BCUT2D eigenvalue weighted by Gasteiger charge is 2.73. The molecule has 0 heterocycles. The molecule has 2 rings (SSSR count). The molecule has 3 N–H and O–H groups in total. The molecule has 0 amide bonds. The van der Waals surface area contributed by atoms with Crippen LogP contribution in [0.5, 0.6) is 0 Å². The Bertz CT molecular complexity index is 598. The molecule has 3 atom stereocenters. The average molecular weight is 273 g/mol. The number of nitrogens with two attached hydrogens (primary N) is 1. The van der Waals surface area contributed by atoms with Gasteiger partial charge in [-0.25, -0.2) is 12.8 Å². The third-order valence-electron chi connectivity index (χ3n) is 3.24. The number of rotatable bonds is 3. The summed E-state index contributed by atoms with van der Waals surface area (Å²) in [6.45, 7) is 0. The molecule has 1 aliphatic rings. The minimum atomic E-state index is -3.59. The largest absolute Gasteiger partial charge is 0.480 e. The molecule has 0 saturated heterocycles. The summed E-state index contributed by atoms with van der Waals surface area (Å²) >= 11 is 0. The Labute approximate surface area is 103 Å². The first kappa shape index (κ1) is 13.0. The fourth-order valence-electron chi connectivity index (χ4n) is 2.35. The predicted molar refractivity (Wildman–Crippen MR) is 62.3 cm³/mol. The van der Waals surface area contributed by atoms with E-state index in [1.54, 1.807) is 0 Å². The van der Waals surface area contributed by atoms with Crippen molar-refractivity contribution < 1.29 is 22.7 Å². The van der Waals surface area contributed by atoms with E-state index in [0.717, 1.165) is 18.4 Å². The zero-order chi connectivity index (χ0) is 13.7. The van der Waals surface area contributed by atoms with E-state index in [2.05, 4.69) is 0 Å². The monoisotopic (exact) mass is 273 g/mol. The normalized spacial score (nSPS) is 31.1. The maximum absolute atomic E-state index is 12.8. The summed E-state index contributed by atoms with van der Waals surface area (Å²) in [5.41, 5.74) is 4.25. The lowest BCUT2D eigenvalue weighted by molar-refractivity contribution is -0.139. The van der Waals surface area contributed by atoms with E-state index in [0.29, 0.717) is 5.56 Å². The summed E-state index contributed by atoms with van der Waals surface area (Å²) in [5.74, 6) is -2.69. The van der Waals surface area contributed by atoms with Crippen molar-refractivity contribution in [1.82, 2.24) is 0 Å². The number of hydrogen-bond donors (Lipinski definition) is 2. The van der Waals surface area contributed by atoms with Gasteiger partial charge in [0.1, 0.15) is 11.4 Å². The molecule has 0 spiro atoms. The third-order valence-corrected chi connectivity index (χ3v) is 4.82. The number of aliphatic carboxylic acids is 1. The topological polar surface area (TPSA) is 97.5 Å². The second-order valence-corrected chi connectivity index (χ2v) is 6.68. The van der Waals surface area contributed by atoms with Gasteiger partial charge >= 0.3 is 5.97 Å². The van der Waals surface area contributed by atoms with Crippen molar-refractivity contribution in [2.24, 2.45) is 5.73 Å². The minimum absolute atomic E-state index is 0.414. The van der Waals surface area contributed by atoms with Gasteiger partial charge in [-0.1, -0.05) is 12.1 Å². The van der Waals surface area contributed by atoms with Crippen molar-refractivity contribution in [3.63, 3.8) is 0 Å². The van der Waals surface area contributed by atoms with E-state index < -0.39 is 38.3 Å². The van der Waals surface area contributed by atoms with Crippen LogP contribution in [-0.4, -0.2) is 36.5 Å². The maximum Gasteiger partial charge on any atom is 0.325 e. The molecule has 0 aromatic heterocycles. The summed E-state index contributed by atoms with van der Waals surface area (Å²) in [4.78, 5) is 11.1. The van der Waals surface area contributed by atoms with Gasteiger partial charge in [0.25, 0.3) is 0 Å². The van der Waals surface area contributed by atoms with Gasteiger partial charge in [0.05, 0.1) is 5.25 Å². The summed E-state index contributed by atoms with van der Waals surface area (Å²) < 4.78 is 35.9. The minimum Gasteiger partial charge on any atom is -0.480 e. The lowest BCUT2D eigenvalue weighted by Crippen LogP contribution is -2.39. The molecule has 98 valence electrons. The van der Waals surface area contributed by atoms with Crippen molar-refractivity contribution in [1.29, 1.82) is 0 Å². The molecule has 18 heavy (non-hydrogen) atoms. The molecule has 0 radical (unpaired) electrons. The number of halogens is 1. The molecule has 5 nitrogen and oxygen atoms in total. The molecule has 1 aliphatic carbocycles. The van der Waals surface area contributed by atoms with Gasteiger partial charge in [-0.05, 0) is 17.7 Å². The Morgan fingerprint density at radius 2 is 1.89 bits per heavy atom. The second kappa shape index (κ2) is 3.76. The highest BCUT2D eigenvalue weighted by Crippen LogP contribution is 2.53. The van der Waals surface area contributed by atoms with Crippen LogP contribution in [-0.2, 0) is 14.6 Å². The van der Waals surface area contributed by atoms with Crippen LogP contribution in [0.3, 0.4) is 0 Å². The Kier molecular flexibility index (Phi) is 2.71. The van der Waals surface area contributed by atoms with Crippen LogP contribution in [0.25, 0.3) is 0 Å². The SMILES string of the molecule is CS(=O)(=O)[C@@H]1[C@H](c2ccc(F)cc2)[C@]1(N)C(=O)O. The number of carboxylic acid groups (broad SMARTS) is 1. The molecule has 0 bridgehead atoms. The number of carbonyl (C=O) groups is 1. The molecule has 1 saturated carbocycles. The van der Waals surface area contributed by atoms with Crippen LogP contribution in [0.15, 0.2) is 24.3 Å². The zero-order valence-electron chi connectivity index (χ0n) is 9.50. The predicted octanol–water partition coefficient (Wildman–Crippen LogP) is 0.118. The fraction of sp³-hybridized carbons (Fsp3) is 0.364. The highest BCUT2D eigenvalue weighted by atomic mass is 32.2. The molecule has 1 aromatic carbocycles. The first-order chi connectivity index (χ1) is 8.19. The lowest BCUT2D eigenvalue weighted by Gasteiger charge is -2.04. The van der Waals surface area contributed by atoms with Crippen molar-refractivity contribution in [3.8, 4) is 0 Å². The van der Waals surface area contributed by atoms with E-state index in [1.165, 1.54) is 12.1 Å². The van der Waals surface area contributed by atoms with Crippen molar-refractivity contribution >= 4 is 15.8 Å². The van der Waals surface area contributed by atoms with Gasteiger partial charge in [-0.3, -0.25) is 4.79 Å². The number of carboxylic acids is 1. The average Bonchev–Trinajstić information content (AvgIpc) is 2.87. The van der Waals surface area contributed by atoms with Crippen LogP contribution < -0.4 is 5.73 Å². The lowest BCUT2D eigenvalue weighted by atomic mass is 10.1. The van der Waals surface area contributed by atoms with Crippen molar-refractivity contribution in [2.75, 3.05) is 6.26 Å². The third kappa shape index (κ3) is 1.79. The molecule has 1 fully saturated rings. The summed E-state index contributed by atoms with van der Waals surface area (Å²) in [6.07, 6.45) is 0.950. The van der Waals surface area contributed by atoms with E-state index in [4.69, 9.17) is 10.8 Å². The number of hydrogen-bond acceptors (Lipinski definition) is 4. The van der Waals surface area contributed by atoms with E-state index >= 15 is 0 Å². The van der Waals surface area contributed by atoms with Crippen LogP contribution in [0.4, 0.5) is 4.39 Å². The Balaban J connectivity index is 2.45. The maximum atomic E-state index is 12.8. The Morgan fingerprint density at radius 3 is 2.22 bits per heavy atom. The van der Waals surface area contributed by atoms with Gasteiger partial charge in [0, 0.05) is 12.2 Å². The molecule has 7 heteroatoms. The van der Waals surface area contributed by atoms with E-state index in [9.17, 15) is 17.6 Å². The van der Waals surface area contributed by atoms with Crippen LogP contribution in [0.1, 0.15) is 11.5 Å². The van der Waals surface area contributed by atoms with Crippen LogP contribution in [0.2, 0.25) is 0 Å². The van der Waals surface area contributed by atoms with Crippen LogP contribution >= 0.6 is 0 Å². The molecule has 1 aromatic rings. The van der Waals surface area contributed by atoms with Crippen molar-refractivity contribution in [2.45, 2.75) is 16.7 Å². The summed E-state index contributed by atoms with van der Waals surface area (Å²) in [5, 5.41) is 7.90.